The number of hydrogen-bond acceptors (Lipinski definition) is 3. The third kappa shape index (κ3) is 2.42. The third-order valence-corrected chi connectivity index (χ3v) is 6.43. The Bertz CT molecular complexity index is 346. The normalized spacial score (nSPS) is 38.9. The molecule has 0 aromatic carbocycles. The summed E-state index contributed by atoms with van der Waals surface area (Å²) in [6.45, 7) is 7.66. The summed E-state index contributed by atoms with van der Waals surface area (Å²) in [5, 5.41) is 3.94. The first kappa shape index (κ1) is 13.5. The summed E-state index contributed by atoms with van der Waals surface area (Å²) in [6, 6.07) is 2.59. The van der Waals surface area contributed by atoms with Crippen molar-refractivity contribution >= 4 is 0 Å². The van der Waals surface area contributed by atoms with Crippen LogP contribution in [0.4, 0.5) is 0 Å². The van der Waals surface area contributed by atoms with E-state index in [0.717, 1.165) is 18.1 Å². The Kier molecular flexibility index (Phi) is 3.56. The lowest BCUT2D eigenvalue weighted by atomic mass is 9.90. The molecule has 0 aromatic rings. The summed E-state index contributed by atoms with van der Waals surface area (Å²) < 4.78 is 0. The molecule has 2 unspecified atom stereocenters. The highest BCUT2D eigenvalue weighted by Gasteiger charge is 2.45. The number of rotatable bonds is 3. The van der Waals surface area contributed by atoms with E-state index in [2.05, 4.69) is 22.0 Å². The van der Waals surface area contributed by atoms with E-state index >= 15 is 0 Å². The van der Waals surface area contributed by atoms with Crippen molar-refractivity contribution in [1.29, 1.82) is 0 Å². The molecule has 2 heterocycles. The van der Waals surface area contributed by atoms with Gasteiger partial charge >= 0.3 is 0 Å². The van der Waals surface area contributed by atoms with Gasteiger partial charge in [0.05, 0.1) is 0 Å². The van der Waals surface area contributed by atoms with Crippen LogP contribution in [0.1, 0.15) is 58.3 Å². The SMILES string of the molecule is CCC1CNC2(CCCC2)CN1C1CCN(C2CC2)C1. The molecule has 0 aromatic heterocycles. The Morgan fingerprint density at radius 2 is 1.90 bits per heavy atom. The molecule has 20 heavy (non-hydrogen) atoms. The minimum Gasteiger partial charge on any atom is -0.308 e. The molecule has 2 saturated carbocycles. The molecule has 3 heteroatoms. The van der Waals surface area contributed by atoms with Crippen molar-refractivity contribution in [3.63, 3.8) is 0 Å². The lowest BCUT2D eigenvalue weighted by Crippen LogP contribution is -2.65. The van der Waals surface area contributed by atoms with Crippen LogP contribution in [-0.4, -0.2) is 59.6 Å². The largest absolute Gasteiger partial charge is 0.308 e. The van der Waals surface area contributed by atoms with E-state index in [1.54, 1.807) is 0 Å². The van der Waals surface area contributed by atoms with Crippen molar-refractivity contribution in [2.75, 3.05) is 26.2 Å². The first-order valence-corrected chi connectivity index (χ1v) is 9.04. The summed E-state index contributed by atoms with van der Waals surface area (Å²) in [4.78, 5) is 5.70. The van der Waals surface area contributed by atoms with Crippen LogP contribution in [0, 0.1) is 0 Å². The molecule has 4 fully saturated rings. The van der Waals surface area contributed by atoms with Crippen LogP contribution >= 0.6 is 0 Å². The number of nitrogens with zero attached hydrogens (tertiary/aromatic N) is 2. The Morgan fingerprint density at radius 1 is 1.10 bits per heavy atom. The van der Waals surface area contributed by atoms with Gasteiger partial charge in [-0.2, -0.15) is 0 Å². The van der Waals surface area contributed by atoms with Crippen molar-refractivity contribution in [2.24, 2.45) is 0 Å². The zero-order chi connectivity index (χ0) is 13.6. The van der Waals surface area contributed by atoms with Crippen LogP contribution < -0.4 is 5.32 Å². The minimum atomic E-state index is 0.485. The molecule has 2 atom stereocenters. The molecule has 2 aliphatic carbocycles. The van der Waals surface area contributed by atoms with Crippen LogP contribution in [0.3, 0.4) is 0 Å². The zero-order valence-electron chi connectivity index (χ0n) is 13.1. The number of likely N-dealkylation sites (tertiary alicyclic amines) is 1. The highest BCUT2D eigenvalue weighted by molar-refractivity contribution is 5.04. The average Bonchev–Trinajstić information content (AvgIpc) is 3.04. The molecular weight excluding hydrogens is 246 g/mol. The number of nitrogens with one attached hydrogen (secondary N) is 1. The predicted octanol–water partition coefficient (Wildman–Crippen LogP) is 2.22. The van der Waals surface area contributed by atoms with E-state index in [-0.39, 0.29) is 0 Å². The second-order valence-corrected chi connectivity index (χ2v) is 7.77. The summed E-state index contributed by atoms with van der Waals surface area (Å²) in [5.74, 6) is 0. The lowest BCUT2D eigenvalue weighted by Gasteiger charge is -2.48. The van der Waals surface area contributed by atoms with Gasteiger partial charge in [-0.3, -0.25) is 9.80 Å². The Labute approximate surface area is 124 Å². The molecule has 0 bridgehead atoms. The van der Waals surface area contributed by atoms with E-state index in [4.69, 9.17) is 0 Å². The second kappa shape index (κ2) is 5.26. The van der Waals surface area contributed by atoms with E-state index in [1.165, 1.54) is 77.5 Å². The molecular formula is C17H31N3. The Morgan fingerprint density at radius 3 is 2.60 bits per heavy atom. The Hall–Kier alpha value is -0.120. The van der Waals surface area contributed by atoms with Gasteiger partial charge in [-0.25, -0.2) is 0 Å². The smallest absolute Gasteiger partial charge is 0.0309 e. The third-order valence-electron chi connectivity index (χ3n) is 6.43. The van der Waals surface area contributed by atoms with Crippen LogP contribution in [0.25, 0.3) is 0 Å². The van der Waals surface area contributed by atoms with E-state index < -0.39 is 0 Å². The fourth-order valence-corrected chi connectivity index (χ4v) is 4.99. The topological polar surface area (TPSA) is 18.5 Å². The number of hydrogen-bond donors (Lipinski definition) is 1. The van der Waals surface area contributed by atoms with Gasteiger partial charge in [-0.05, 0) is 38.5 Å². The van der Waals surface area contributed by atoms with Gasteiger partial charge < -0.3 is 5.32 Å². The van der Waals surface area contributed by atoms with Crippen molar-refractivity contribution in [3.05, 3.63) is 0 Å². The van der Waals surface area contributed by atoms with Crippen molar-refractivity contribution < 1.29 is 0 Å². The number of piperazine rings is 1. The Balaban J connectivity index is 1.45. The molecule has 2 saturated heterocycles. The van der Waals surface area contributed by atoms with Gasteiger partial charge in [-0.15, -0.1) is 0 Å². The van der Waals surface area contributed by atoms with Crippen LogP contribution in [0.2, 0.25) is 0 Å². The molecule has 2 aliphatic heterocycles. The van der Waals surface area contributed by atoms with E-state index in [1.807, 2.05) is 0 Å². The maximum atomic E-state index is 3.94. The van der Waals surface area contributed by atoms with Crippen LogP contribution in [0.15, 0.2) is 0 Å². The van der Waals surface area contributed by atoms with E-state index in [9.17, 15) is 0 Å². The quantitative estimate of drug-likeness (QED) is 0.853. The first-order valence-electron chi connectivity index (χ1n) is 9.04. The molecule has 0 radical (unpaired) electrons. The van der Waals surface area contributed by atoms with E-state index in [0.29, 0.717) is 5.54 Å². The van der Waals surface area contributed by atoms with Crippen molar-refractivity contribution in [1.82, 2.24) is 15.1 Å². The maximum absolute atomic E-state index is 3.94. The molecule has 4 aliphatic rings. The molecule has 114 valence electrons. The summed E-state index contributed by atoms with van der Waals surface area (Å²) in [5.41, 5.74) is 0.485. The summed E-state index contributed by atoms with van der Waals surface area (Å²) in [6.07, 6.45) is 11.4. The molecule has 1 spiro atoms. The molecule has 1 N–H and O–H groups in total. The first-order chi connectivity index (χ1) is 9.80. The minimum absolute atomic E-state index is 0.485. The highest BCUT2D eigenvalue weighted by Crippen LogP contribution is 2.37. The van der Waals surface area contributed by atoms with Gasteiger partial charge in [0.25, 0.3) is 0 Å². The standard InChI is InChI=1S/C17H31N3/c1-2-14-11-18-17(8-3-4-9-17)13-20(14)16-7-10-19(12-16)15-5-6-15/h14-16,18H,2-13H2,1H3. The monoisotopic (exact) mass is 277 g/mol. The maximum Gasteiger partial charge on any atom is 0.0309 e. The van der Waals surface area contributed by atoms with Gasteiger partial charge in [0.1, 0.15) is 0 Å². The van der Waals surface area contributed by atoms with Crippen LogP contribution in [0.5, 0.6) is 0 Å². The summed E-state index contributed by atoms with van der Waals surface area (Å²) >= 11 is 0. The van der Waals surface area contributed by atoms with Gasteiger partial charge in [-0.1, -0.05) is 19.8 Å². The fraction of sp³-hybridized carbons (Fsp3) is 1.00. The molecule has 0 amide bonds. The van der Waals surface area contributed by atoms with Crippen molar-refractivity contribution in [2.45, 2.75) is 82.0 Å². The van der Waals surface area contributed by atoms with Gasteiger partial charge in [0.15, 0.2) is 0 Å². The van der Waals surface area contributed by atoms with Gasteiger partial charge in [0, 0.05) is 49.8 Å². The molecule has 4 rings (SSSR count). The van der Waals surface area contributed by atoms with Crippen molar-refractivity contribution in [3.8, 4) is 0 Å². The summed E-state index contributed by atoms with van der Waals surface area (Å²) in [7, 11) is 0. The molecule has 3 nitrogen and oxygen atoms in total. The zero-order valence-corrected chi connectivity index (χ0v) is 13.1. The van der Waals surface area contributed by atoms with Crippen LogP contribution in [-0.2, 0) is 0 Å². The predicted molar refractivity (Wildman–Crippen MR) is 83.0 cm³/mol. The second-order valence-electron chi connectivity index (χ2n) is 7.77. The van der Waals surface area contributed by atoms with Gasteiger partial charge in [0.2, 0.25) is 0 Å². The highest BCUT2D eigenvalue weighted by atomic mass is 15.3. The average molecular weight is 277 g/mol. The lowest BCUT2D eigenvalue weighted by molar-refractivity contribution is 0.0430. The fourth-order valence-electron chi connectivity index (χ4n) is 4.99.